The van der Waals surface area contributed by atoms with Gasteiger partial charge in [0.05, 0.1) is 30.9 Å². The summed E-state index contributed by atoms with van der Waals surface area (Å²) in [6, 6.07) is 8.76. The molecule has 3 rings (SSSR count). The predicted molar refractivity (Wildman–Crippen MR) is 132 cm³/mol. The SMILES string of the molecule is CCNC(=NCc1scnc1C)NCC(c1ccc(OC)cc1)N1CCCC1.I. The van der Waals surface area contributed by atoms with Gasteiger partial charge in [0, 0.05) is 18.0 Å². The number of thiazole rings is 1. The van der Waals surface area contributed by atoms with Crippen molar-refractivity contribution in [1.82, 2.24) is 20.5 Å². The summed E-state index contributed by atoms with van der Waals surface area (Å²) >= 11 is 1.66. The van der Waals surface area contributed by atoms with Crippen LogP contribution in [0.15, 0.2) is 34.8 Å². The van der Waals surface area contributed by atoms with Crippen molar-refractivity contribution in [2.45, 2.75) is 39.3 Å². The number of guanidine groups is 1. The lowest BCUT2D eigenvalue weighted by Crippen LogP contribution is -2.42. The smallest absolute Gasteiger partial charge is 0.191 e. The van der Waals surface area contributed by atoms with Gasteiger partial charge < -0.3 is 15.4 Å². The number of aryl methyl sites for hydroxylation is 1. The van der Waals surface area contributed by atoms with Crippen LogP contribution in [0.1, 0.15) is 41.9 Å². The minimum absolute atomic E-state index is 0. The summed E-state index contributed by atoms with van der Waals surface area (Å²) in [5.74, 6) is 1.75. The molecule has 0 spiro atoms. The molecule has 0 radical (unpaired) electrons. The van der Waals surface area contributed by atoms with Gasteiger partial charge in [0.25, 0.3) is 0 Å². The molecule has 0 aliphatic carbocycles. The molecule has 1 saturated heterocycles. The Morgan fingerprint density at radius 1 is 1.24 bits per heavy atom. The molecule has 8 heteroatoms. The molecule has 1 aromatic heterocycles. The molecule has 0 saturated carbocycles. The fourth-order valence-corrected chi connectivity index (χ4v) is 4.20. The molecule has 2 aromatic rings. The standard InChI is InChI=1S/C21H31N5OS.HI/c1-4-22-21(24-14-20-16(2)25-15-28-20)23-13-19(26-11-5-6-12-26)17-7-9-18(27-3)10-8-17;/h7-10,15,19H,4-6,11-14H2,1-3H3,(H2,22,23,24);1H. The molecule has 1 unspecified atom stereocenters. The molecule has 1 atom stereocenters. The van der Waals surface area contributed by atoms with Crippen molar-refractivity contribution in [3.8, 4) is 5.75 Å². The third-order valence-corrected chi connectivity index (χ3v) is 6.03. The third kappa shape index (κ3) is 6.82. The Bertz CT molecular complexity index is 759. The highest BCUT2D eigenvalue weighted by atomic mass is 127. The van der Waals surface area contributed by atoms with Crippen molar-refractivity contribution in [2.24, 2.45) is 4.99 Å². The van der Waals surface area contributed by atoms with Crippen molar-refractivity contribution in [3.05, 3.63) is 45.9 Å². The van der Waals surface area contributed by atoms with Crippen LogP contribution in [-0.4, -0.2) is 49.1 Å². The summed E-state index contributed by atoms with van der Waals surface area (Å²) in [4.78, 5) is 12.8. The zero-order valence-corrected chi connectivity index (χ0v) is 20.6. The number of methoxy groups -OCH3 is 1. The Morgan fingerprint density at radius 2 is 1.97 bits per heavy atom. The summed E-state index contributed by atoms with van der Waals surface area (Å²) < 4.78 is 5.32. The van der Waals surface area contributed by atoms with E-state index in [1.165, 1.54) is 23.3 Å². The highest BCUT2D eigenvalue weighted by Crippen LogP contribution is 2.26. The van der Waals surface area contributed by atoms with Gasteiger partial charge in [0.15, 0.2) is 5.96 Å². The van der Waals surface area contributed by atoms with Gasteiger partial charge in [-0.15, -0.1) is 35.3 Å². The molecular formula is C21H32IN5OS. The van der Waals surface area contributed by atoms with Gasteiger partial charge in [-0.05, 0) is 57.5 Å². The molecule has 1 fully saturated rings. The Morgan fingerprint density at radius 3 is 2.55 bits per heavy atom. The van der Waals surface area contributed by atoms with E-state index in [9.17, 15) is 0 Å². The van der Waals surface area contributed by atoms with E-state index in [1.807, 2.05) is 24.6 Å². The molecular weight excluding hydrogens is 497 g/mol. The van der Waals surface area contributed by atoms with Gasteiger partial charge in [-0.3, -0.25) is 4.90 Å². The zero-order valence-electron chi connectivity index (χ0n) is 17.5. The van der Waals surface area contributed by atoms with Crippen molar-refractivity contribution in [3.63, 3.8) is 0 Å². The van der Waals surface area contributed by atoms with Crippen LogP contribution in [-0.2, 0) is 6.54 Å². The summed E-state index contributed by atoms with van der Waals surface area (Å²) in [7, 11) is 1.71. The van der Waals surface area contributed by atoms with E-state index in [0.717, 1.165) is 43.6 Å². The van der Waals surface area contributed by atoms with E-state index in [4.69, 9.17) is 9.73 Å². The number of nitrogens with zero attached hydrogens (tertiary/aromatic N) is 3. The predicted octanol–water partition coefficient (Wildman–Crippen LogP) is 3.97. The number of likely N-dealkylation sites (tertiary alicyclic amines) is 1. The third-order valence-electron chi connectivity index (χ3n) is 5.11. The number of halogens is 1. The van der Waals surface area contributed by atoms with E-state index in [2.05, 4.69) is 39.6 Å². The molecule has 1 aliphatic rings. The van der Waals surface area contributed by atoms with Crippen LogP contribution < -0.4 is 15.4 Å². The molecule has 2 heterocycles. The van der Waals surface area contributed by atoms with E-state index in [0.29, 0.717) is 12.6 Å². The first-order chi connectivity index (χ1) is 13.7. The number of aliphatic imine (C=N–C) groups is 1. The van der Waals surface area contributed by atoms with Crippen molar-refractivity contribution in [1.29, 1.82) is 0 Å². The van der Waals surface area contributed by atoms with Crippen molar-refractivity contribution in [2.75, 3.05) is 33.3 Å². The van der Waals surface area contributed by atoms with Gasteiger partial charge in [0.1, 0.15) is 5.75 Å². The highest BCUT2D eigenvalue weighted by molar-refractivity contribution is 14.0. The quantitative estimate of drug-likeness (QED) is 0.308. The average Bonchev–Trinajstić information content (AvgIpc) is 3.39. The monoisotopic (exact) mass is 529 g/mol. The number of aromatic nitrogens is 1. The second kappa shape index (κ2) is 12.3. The summed E-state index contributed by atoms with van der Waals surface area (Å²) in [6.45, 7) is 8.73. The van der Waals surface area contributed by atoms with Crippen LogP contribution in [0.25, 0.3) is 0 Å². The molecule has 160 valence electrons. The second-order valence-electron chi connectivity index (χ2n) is 6.97. The molecule has 1 aromatic carbocycles. The largest absolute Gasteiger partial charge is 0.497 e. The minimum Gasteiger partial charge on any atom is -0.497 e. The fraction of sp³-hybridized carbons (Fsp3) is 0.524. The zero-order chi connectivity index (χ0) is 19.8. The molecule has 2 N–H and O–H groups in total. The first kappa shape index (κ1) is 23.9. The molecule has 6 nitrogen and oxygen atoms in total. The highest BCUT2D eigenvalue weighted by Gasteiger charge is 2.23. The number of hydrogen-bond donors (Lipinski definition) is 2. The van der Waals surface area contributed by atoms with E-state index < -0.39 is 0 Å². The van der Waals surface area contributed by atoms with E-state index in [-0.39, 0.29) is 24.0 Å². The van der Waals surface area contributed by atoms with E-state index >= 15 is 0 Å². The average molecular weight is 529 g/mol. The maximum Gasteiger partial charge on any atom is 0.191 e. The lowest BCUT2D eigenvalue weighted by molar-refractivity contribution is 0.245. The van der Waals surface area contributed by atoms with Crippen molar-refractivity contribution < 1.29 is 4.74 Å². The maximum atomic E-state index is 5.32. The number of hydrogen-bond acceptors (Lipinski definition) is 5. The van der Waals surface area contributed by atoms with Gasteiger partial charge in [-0.1, -0.05) is 12.1 Å². The van der Waals surface area contributed by atoms with E-state index in [1.54, 1.807) is 18.4 Å². The van der Waals surface area contributed by atoms with Crippen LogP contribution in [0.2, 0.25) is 0 Å². The van der Waals surface area contributed by atoms with Crippen molar-refractivity contribution >= 4 is 41.3 Å². The lowest BCUT2D eigenvalue weighted by atomic mass is 10.1. The topological polar surface area (TPSA) is 61.8 Å². The maximum absolute atomic E-state index is 5.32. The second-order valence-corrected chi connectivity index (χ2v) is 7.91. The Hall–Kier alpha value is -1.39. The first-order valence-corrected chi connectivity index (χ1v) is 10.9. The Labute approximate surface area is 195 Å². The van der Waals surface area contributed by atoms with Crippen LogP contribution in [0.5, 0.6) is 5.75 Å². The molecule has 29 heavy (non-hydrogen) atoms. The lowest BCUT2D eigenvalue weighted by Gasteiger charge is -2.29. The van der Waals surface area contributed by atoms with Gasteiger partial charge in [-0.2, -0.15) is 0 Å². The summed E-state index contributed by atoms with van der Waals surface area (Å²) in [5, 5.41) is 6.92. The van der Waals surface area contributed by atoms with Crippen LogP contribution in [0.3, 0.4) is 0 Å². The van der Waals surface area contributed by atoms with Crippen LogP contribution in [0, 0.1) is 6.92 Å². The molecule has 0 amide bonds. The molecule has 1 aliphatic heterocycles. The van der Waals surface area contributed by atoms with Gasteiger partial charge in [0.2, 0.25) is 0 Å². The number of nitrogens with one attached hydrogen (secondary N) is 2. The van der Waals surface area contributed by atoms with Gasteiger partial charge in [-0.25, -0.2) is 9.98 Å². The molecule has 0 bridgehead atoms. The fourth-order valence-electron chi connectivity index (χ4n) is 3.50. The Balaban J connectivity index is 0.00000300. The number of benzene rings is 1. The van der Waals surface area contributed by atoms with Gasteiger partial charge >= 0.3 is 0 Å². The number of rotatable bonds is 8. The Kier molecular flexibility index (Phi) is 10.2. The number of ether oxygens (including phenoxy) is 1. The summed E-state index contributed by atoms with van der Waals surface area (Å²) in [6.07, 6.45) is 2.54. The summed E-state index contributed by atoms with van der Waals surface area (Å²) in [5.41, 5.74) is 4.26. The van der Waals surface area contributed by atoms with Crippen LogP contribution >= 0.6 is 35.3 Å². The van der Waals surface area contributed by atoms with Crippen LogP contribution in [0.4, 0.5) is 0 Å². The first-order valence-electron chi connectivity index (χ1n) is 10.0. The minimum atomic E-state index is 0. The normalized spacial score (nSPS) is 15.6.